The van der Waals surface area contributed by atoms with Gasteiger partial charge in [-0.3, -0.25) is 9.78 Å². The van der Waals surface area contributed by atoms with Crippen molar-refractivity contribution in [2.75, 3.05) is 0 Å². The molecule has 0 unspecified atom stereocenters. The number of benzene rings is 1. The van der Waals surface area contributed by atoms with Gasteiger partial charge in [-0.1, -0.05) is 12.1 Å². The van der Waals surface area contributed by atoms with Crippen LogP contribution in [0, 0.1) is 13.8 Å². The zero-order valence-electron chi connectivity index (χ0n) is 16.0. The average Bonchev–Trinajstić information content (AvgIpc) is 2.95. The molecule has 2 nitrogen and oxygen atoms in total. The lowest BCUT2D eigenvalue weighted by Gasteiger charge is -2.13. The van der Waals surface area contributed by atoms with Crippen molar-refractivity contribution in [2.45, 2.75) is 52.9 Å². The lowest BCUT2D eigenvalue weighted by atomic mass is 9.98. The molecule has 0 N–H and O–H groups in total. The number of fused-ring (bicyclic) bond motifs is 1. The van der Waals surface area contributed by atoms with Crippen LogP contribution in [-0.2, 0) is 30.0 Å². The van der Waals surface area contributed by atoms with E-state index in [2.05, 4.69) is 29.4 Å². The molecule has 0 bridgehead atoms. The number of aryl methyl sites for hydroxylation is 4. The summed E-state index contributed by atoms with van der Waals surface area (Å²) in [5.41, 5.74) is 4.95. The molecule has 0 saturated carbocycles. The summed E-state index contributed by atoms with van der Waals surface area (Å²) in [6.45, 7) is 6.34. The third-order valence-corrected chi connectivity index (χ3v) is 5.75. The number of pyridine rings is 1. The smallest absolute Gasteiger partial charge is 0.286 e. The van der Waals surface area contributed by atoms with E-state index in [1.54, 1.807) is 31.3 Å². The molecule has 0 saturated heterocycles. The van der Waals surface area contributed by atoms with Crippen molar-refractivity contribution in [1.29, 1.82) is 0 Å². The molecule has 27 heavy (non-hydrogen) atoms. The topological polar surface area (TPSA) is 30.0 Å². The zero-order valence-corrected chi connectivity index (χ0v) is 16.8. The molecule has 0 radical (unpaired) electrons. The second-order valence-electron chi connectivity index (χ2n) is 7.25. The van der Waals surface area contributed by atoms with Crippen LogP contribution in [0.4, 0.5) is 8.78 Å². The summed E-state index contributed by atoms with van der Waals surface area (Å²) in [6.07, 6.45) is 2.05. The summed E-state index contributed by atoms with van der Waals surface area (Å²) in [5.74, 6) is -2.75. The van der Waals surface area contributed by atoms with Crippen LogP contribution in [0.15, 0.2) is 29.6 Å². The Bertz CT molecular complexity index is 1000. The maximum Gasteiger partial charge on any atom is 0.286 e. The molecule has 5 heteroatoms. The molecule has 0 fully saturated rings. The first-order chi connectivity index (χ1) is 12.6. The van der Waals surface area contributed by atoms with Gasteiger partial charge in [-0.25, -0.2) is 0 Å². The van der Waals surface area contributed by atoms with Gasteiger partial charge in [-0.2, -0.15) is 8.78 Å². The fraction of sp³-hybridized carbons (Fsp3) is 0.364. The van der Waals surface area contributed by atoms with Crippen LogP contribution in [0.2, 0.25) is 0 Å². The second kappa shape index (κ2) is 7.47. The van der Waals surface area contributed by atoms with E-state index in [1.807, 2.05) is 0 Å². The lowest BCUT2D eigenvalue weighted by molar-refractivity contribution is -0.116. The molecule has 0 amide bonds. The Labute approximate surface area is 162 Å². The molecule has 0 aliphatic rings. The number of aromatic nitrogens is 1. The molecule has 1 aromatic carbocycles. The van der Waals surface area contributed by atoms with E-state index in [0.717, 1.165) is 30.9 Å². The zero-order chi connectivity index (χ0) is 19.8. The van der Waals surface area contributed by atoms with Crippen LogP contribution in [0.5, 0.6) is 0 Å². The van der Waals surface area contributed by atoms with E-state index >= 15 is 0 Å². The van der Waals surface area contributed by atoms with Gasteiger partial charge in [0, 0.05) is 23.7 Å². The van der Waals surface area contributed by atoms with Crippen molar-refractivity contribution in [3.05, 3.63) is 63.3 Å². The van der Waals surface area contributed by atoms with Crippen LogP contribution in [0.25, 0.3) is 10.1 Å². The Morgan fingerprint density at radius 3 is 2.52 bits per heavy atom. The van der Waals surface area contributed by atoms with Gasteiger partial charge in [-0.15, -0.1) is 11.3 Å². The van der Waals surface area contributed by atoms with Gasteiger partial charge in [0.25, 0.3) is 5.92 Å². The largest absolute Gasteiger partial charge is 0.300 e. The average molecular weight is 387 g/mol. The number of carbonyl (C=O) groups excluding carboxylic acids is 1. The highest BCUT2D eigenvalue weighted by atomic mass is 32.1. The Kier molecular flexibility index (Phi) is 5.43. The monoisotopic (exact) mass is 387 g/mol. The van der Waals surface area contributed by atoms with Crippen molar-refractivity contribution in [3.8, 4) is 0 Å². The fourth-order valence-corrected chi connectivity index (χ4v) is 4.54. The van der Waals surface area contributed by atoms with Gasteiger partial charge < -0.3 is 0 Å². The number of carbonyl (C=O) groups is 1. The standard InChI is InChI=1S/C22H23F2NOS/c1-13-9-16(11-19-21(13)18(12-27-19)10-14(2)26)5-6-17-7-8-20(22(4,23)24)25-15(17)3/h7-9,11-12H,5-6,10H2,1-4H3. The van der Waals surface area contributed by atoms with Crippen LogP contribution < -0.4 is 0 Å². The number of nitrogens with zero attached hydrogens (tertiary/aromatic N) is 1. The molecule has 0 aliphatic heterocycles. The van der Waals surface area contributed by atoms with E-state index in [1.165, 1.54) is 27.3 Å². The van der Waals surface area contributed by atoms with Crippen molar-refractivity contribution >= 4 is 27.2 Å². The van der Waals surface area contributed by atoms with E-state index in [-0.39, 0.29) is 11.5 Å². The molecule has 0 aliphatic carbocycles. The molecule has 0 spiro atoms. The molecule has 142 valence electrons. The number of hydrogen-bond donors (Lipinski definition) is 0. The highest BCUT2D eigenvalue weighted by molar-refractivity contribution is 7.17. The Morgan fingerprint density at radius 1 is 1.15 bits per heavy atom. The van der Waals surface area contributed by atoms with Crippen molar-refractivity contribution in [1.82, 2.24) is 4.98 Å². The van der Waals surface area contributed by atoms with E-state index in [9.17, 15) is 13.6 Å². The minimum absolute atomic E-state index is 0.169. The summed E-state index contributed by atoms with van der Waals surface area (Å²) in [5, 5.41) is 3.26. The summed E-state index contributed by atoms with van der Waals surface area (Å²) in [7, 11) is 0. The van der Waals surface area contributed by atoms with E-state index in [4.69, 9.17) is 0 Å². The van der Waals surface area contributed by atoms with Crippen LogP contribution in [0.1, 0.15) is 47.5 Å². The van der Waals surface area contributed by atoms with Gasteiger partial charge in [0.2, 0.25) is 0 Å². The van der Waals surface area contributed by atoms with Gasteiger partial charge in [0.15, 0.2) is 0 Å². The Hall–Kier alpha value is -2.14. The third-order valence-electron chi connectivity index (χ3n) is 4.78. The minimum atomic E-state index is -2.91. The number of ketones is 1. The van der Waals surface area contributed by atoms with E-state index in [0.29, 0.717) is 12.1 Å². The van der Waals surface area contributed by atoms with Crippen LogP contribution in [-0.4, -0.2) is 10.8 Å². The summed E-state index contributed by atoms with van der Waals surface area (Å²) >= 11 is 1.67. The van der Waals surface area contributed by atoms with Crippen molar-refractivity contribution in [2.24, 2.45) is 0 Å². The number of Topliss-reactive ketones (excluding diaryl/α,β-unsaturated/α-hetero) is 1. The maximum atomic E-state index is 13.4. The van der Waals surface area contributed by atoms with Crippen LogP contribution in [0.3, 0.4) is 0 Å². The van der Waals surface area contributed by atoms with Crippen molar-refractivity contribution in [3.63, 3.8) is 0 Å². The predicted octanol–water partition coefficient (Wildman–Crippen LogP) is 5.94. The molecule has 2 heterocycles. The Morgan fingerprint density at radius 2 is 1.89 bits per heavy atom. The quantitative estimate of drug-likeness (QED) is 0.524. The van der Waals surface area contributed by atoms with E-state index < -0.39 is 5.92 Å². The normalized spacial score (nSPS) is 11.9. The van der Waals surface area contributed by atoms with Crippen molar-refractivity contribution < 1.29 is 13.6 Å². The van der Waals surface area contributed by atoms with Gasteiger partial charge in [-0.05, 0) is 78.8 Å². The van der Waals surface area contributed by atoms with Gasteiger partial charge in [0.05, 0.1) is 0 Å². The number of halogens is 2. The number of thiophene rings is 1. The SMILES string of the molecule is CC(=O)Cc1csc2cc(CCc3ccc(C(C)(F)F)nc3C)cc(C)c12. The third kappa shape index (κ3) is 4.41. The van der Waals surface area contributed by atoms with Gasteiger partial charge >= 0.3 is 0 Å². The Balaban J connectivity index is 1.81. The molecule has 0 atom stereocenters. The molecule has 2 aromatic heterocycles. The fourth-order valence-electron chi connectivity index (χ4n) is 3.44. The number of rotatable bonds is 6. The highest BCUT2D eigenvalue weighted by Gasteiger charge is 2.26. The lowest BCUT2D eigenvalue weighted by Crippen LogP contribution is -2.11. The number of alkyl halides is 2. The summed E-state index contributed by atoms with van der Waals surface area (Å²) < 4.78 is 28.0. The number of hydrogen-bond acceptors (Lipinski definition) is 3. The predicted molar refractivity (Wildman–Crippen MR) is 107 cm³/mol. The first-order valence-electron chi connectivity index (χ1n) is 8.99. The molecular weight excluding hydrogens is 364 g/mol. The second-order valence-corrected chi connectivity index (χ2v) is 8.17. The minimum Gasteiger partial charge on any atom is -0.300 e. The summed E-state index contributed by atoms with van der Waals surface area (Å²) in [4.78, 5) is 15.5. The van der Waals surface area contributed by atoms with Gasteiger partial charge in [0.1, 0.15) is 11.5 Å². The highest BCUT2D eigenvalue weighted by Crippen LogP contribution is 2.31. The molecule has 3 aromatic rings. The van der Waals surface area contributed by atoms with Crippen LogP contribution >= 0.6 is 11.3 Å². The molecule has 3 rings (SSSR count). The first-order valence-corrected chi connectivity index (χ1v) is 9.87. The molecular formula is C22H23F2NOS. The first kappa shape index (κ1) is 19.6. The summed E-state index contributed by atoms with van der Waals surface area (Å²) in [6, 6.07) is 7.52. The maximum absolute atomic E-state index is 13.4.